The van der Waals surface area contributed by atoms with Crippen LogP contribution in [0, 0.1) is 0 Å². The maximum absolute atomic E-state index is 12.6. The highest BCUT2D eigenvalue weighted by molar-refractivity contribution is 5.96. The summed E-state index contributed by atoms with van der Waals surface area (Å²) in [6.45, 7) is 7.19. The number of carbonyl (C=O) groups is 1. The molecular weight excluding hydrogens is 332 g/mol. The molecule has 1 aliphatic rings. The lowest BCUT2D eigenvalue weighted by Gasteiger charge is -2.14. The van der Waals surface area contributed by atoms with Crippen LogP contribution in [-0.4, -0.2) is 30.2 Å². The zero-order chi connectivity index (χ0) is 18.5. The van der Waals surface area contributed by atoms with Crippen LogP contribution in [0.5, 0.6) is 17.4 Å². The van der Waals surface area contributed by atoms with E-state index in [0.29, 0.717) is 31.2 Å². The predicted molar refractivity (Wildman–Crippen MR) is 98.0 cm³/mol. The van der Waals surface area contributed by atoms with Crippen molar-refractivity contribution in [2.75, 3.05) is 13.2 Å². The van der Waals surface area contributed by atoms with Crippen LogP contribution in [0.4, 0.5) is 0 Å². The largest absolute Gasteiger partial charge is 0.494 e. The number of carbonyl (C=O) groups excluding carboxylic acids is 1. The van der Waals surface area contributed by atoms with Gasteiger partial charge in [0.1, 0.15) is 23.2 Å². The monoisotopic (exact) mass is 356 g/mol. The van der Waals surface area contributed by atoms with Gasteiger partial charge in [0, 0.05) is 30.3 Å². The van der Waals surface area contributed by atoms with E-state index >= 15 is 0 Å². The van der Waals surface area contributed by atoms with Gasteiger partial charge in [-0.25, -0.2) is 4.98 Å². The molecule has 1 amide bonds. The van der Waals surface area contributed by atoms with Crippen molar-refractivity contribution < 1.29 is 19.0 Å². The lowest BCUT2D eigenvalue weighted by atomic mass is 10.1. The smallest absolute Gasteiger partial charge is 0.257 e. The lowest BCUT2D eigenvalue weighted by molar-refractivity contribution is 0.0946. The van der Waals surface area contributed by atoms with Gasteiger partial charge in [0.05, 0.1) is 13.2 Å². The summed E-state index contributed by atoms with van der Waals surface area (Å²) in [6, 6.07) is 7.38. The number of fused-ring (bicyclic) bond motifs is 1. The van der Waals surface area contributed by atoms with Crippen molar-refractivity contribution in [3.05, 3.63) is 47.2 Å². The summed E-state index contributed by atoms with van der Waals surface area (Å²) in [6.07, 6.45) is 2.64. The average Bonchev–Trinajstić information content (AvgIpc) is 2.99. The third-order valence-corrected chi connectivity index (χ3v) is 4.12. The Morgan fingerprint density at radius 1 is 1.31 bits per heavy atom. The Hall–Kier alpha value is -2.76. The first-order valence-electron chi connectivity index (χ1n) is 8.93. The maximum atomic E-state index is 12.6. The zero-order valence-electron chi connectivity index (χ0n) is 15.4. The van der Waals surface area contributed by atoms with E-state index in [4.69, 9.17) is 14.2 Å². The summed E-state index contributed by atoms with van der Waals surface area (Å²) < 4.78 is 17.0. The quantitative estimate of drug-likeness (QED) is 0.825. The van der Waals surface area contributed by atoms with Crippen molar-refractivity contribution in [3.8, 4) is 17.4 Å². The molecule has 0 unspecified atom stereocenters. The van der Waals surface area contributed by atoms with Gasteiger partial charge >= 0.3 is 0 Å². The van der Waals surface area contributed by atoms with Crippen molar-refractivity contribution in [2.45, 2.75) is 39.8 Å². The van der Waals surface area contributed by atoms with Crippen LogP contribution in [0.25, 0.3) is 0 Å². The van der Waals surface area contributed by atoms with E-state index in [0.717, 1.165) is 29.0 Å². The SMILES string of the molecule is CCOc1cc2c(cc1CNC(=O)c1cccnc1OCC)O[C@H](C)C2. The summed E-state index contributed by atoms with van der Waals surface area (Å²) in [4.78, 5) is 16.7. The Morgan fingerprint density at radius 2 is 2.12 bits per heavy atom. The number of hydrogen-bond donors (Lipinski definition) is 1. The molecule has 2 aromatic rings. The van der Waals surface area contributed by atoms with Crippen molar-refractivity contribution in [1.82, 2.24) is 10.3 Å². The van der Waals surface area contributed by atoms with Gasteiger partial charge in [0.2, 0.25) is 5.88 Å². The zero-order valence-corrected chi connectivity index (χ0v) is 15.4. The predicted octanol–water partition coefficient (Wildman–Crippen LogP) is 3.13. The van der Waals surface area contributed by atoms with E-state index in [9.17, 15) is 4.79 Å². The molecule has 6 heteroatoms. The van der Waals surface area contributed by atoms with E-state index < -0.39 is 0 Å². The highest BCUT2D eigenvalue weighted by Crippen LogP contribution is 2.35. The van der Waals surface area contributed by atoms with Gasteiger partial charge in [-0.05, 0) is 45.0 Å². The Balaban J connectivity index is 1.77. The van der Waals surface area contributed by atoms with Gasteiger partial charge in [0.25, 0.3) is 5.91 Å². The van der Waals surface area contributed by atoms with Crippen LogP contribution < -0.4 is 19.5 Å². The highest BCUT2D eigenvalue weighted by atomic mass is 16.5. The van der Waals surface area contributed by atoms with Gasteiger partial charge in [-0.3, -0.25) is 4.79 Å². The van der Waals surface area contributed by atoms with Crippen LogP contribution in [0.3, 0.4) is 0 Å². The number of nitrogens with zero attached hydrogens (tertiary/aromatic N) is 1. The fraction of sp³-hybridized carbons (Fsp3) is 0.400. The lowest BCUT2D eigenvalue weighted by Crippen LogP contribution is -2.24. The van der Waals surface area contributed by atoms with Crippen molar-refractivity contribution in [3.63, 3.8) is 0 Å². The molecule has 1 atom stereocenters. The topological polar surface area (TPSA) is 69.7 Å². The van der Waals surface area contributed by atoms with Crippen LogP contribution in [0.2, 0.25) is 0 Å². The normalized spacial score (nSPS) is 15.1. The summed E-state index contributed by atoms with van der Waals surface area (Å²) >= 11 is 0. The highest BCUT2D eigenvalue weighted by Gasteiger charge is 2.22. The fourth-order valence-electron chi connectivity index (χ4n) is 3.00. The number of pyridine rings is 1. The molecule has 2 heterocycles. The molecule has 1 N–H and O–H groups in total. The van der Waals surface area contributed by atoms with Gasteiger partial charge in [-0.15, -0.1) is 0 Å². The molecule has 0 saturated carbocycles. The molecule has 1 aromatic heterocycles. The Morgan fingerprint density at radius 3 is 2.88 bits per heavy atom. The number of nitrogens with one attached hydrogen (secondary N) is 1. The first-order valence-corrected chi connectivity index (χ1v) is 8.93. The van der Waals surface area contributed by atoms with Gasteiger partial charge < -0.3 is 19.5 Å². The van der Waals surface area contributed by atoms with Crippen molar-refractivity contribution >= 4 is 5.91 Å². The average molecular weight is 356 g/mol. The molecule has 0 radical (unpaired) electrons. The number of benzene rings is 1. The maximum Gasteiger partial charge on any atom is 0.257 e. The van der Waals surface area contributed by atoms with E-state index in [1.165, 1.54) is 0 Å². The second-order valence-electron chi connectivity index (χ2n) is 6.11. The van der Waals surface area contributed by atoms with Gasteiger partial charge in [-0.1, -0.05) is 0 Å². The van der Waals surface area contributed by atoms with Gasteiger partial charge in [-0.2, -0.15) is 0 Å². The summed E-state index contributed by atoms with van der Waals surface area (Å²) in [5.41, 5.74) is 2.44. The van der Waals surface area contributed by atoms with Crippen molar-refractivity contribution in [1.29, 1.82) is 0 Å². The van der Waals surface area contributed by atoms with E-state index in [2.05, 4.69) is 10.3 Å². The molecule has 3 rings (SSSR count). The summed E-state index contributed by atoms with van der Waals surface area (Å²) in [5, 5.41) is 2.92. The molecule has 0 spiro atoms. The Bertz CT molecular complexity index is 791. The van der Waals surface area contributed by atoms with Crippen LogP contribution >= 0.6 is 0 Å². The number of hydrogen-bond acceptors (Lipinski definition) is 5. The Labute approximate surface area is 153 Å². The summed E-state index contributed by atoms with van der Waals surface area (Å²) in [7, 11) is 0. The molecular formula is C20H24N2O4. The van der Waals surface area contributed by atoms with E-state index in [-0.39, 0.29) is 12.0 Å². The molecule has 26 heavy (non-hydrogen) atoms. The molecule has 0 saturated heterocycles. The first kappa shape index (κ1) is 18.0. The molecule has 1 aliphatic heterocycles. The fourth-order valence-corrected chi connectivity index (χ4v) is 3.00. The third kappa shape index (κ3) is 3.90. The second-order valence-corrected chi connectivity index (χ2v) is 6.11. The van der Waals surface area contributed by atoms with Crippen LogP contribution in [0.15, 0.2) is 30.5 Å². The Kier molecular flexibility index (Phi) is 5.61. The molecule has 0 aliphatic carbocycles. The van der Waals surface area contributed by atoms with Crippen molar-refractivity contribution in [2.24, 2.45) is 0 Å². The molecule has 0 bridgehead atoms. The standard InChI is InChI=1S/C20H24N2O4/c1-4-24-17-10-14-9-13(3)26-18(14)11-15(17)12-22-19(23)16-7-6-8-21-20(16)25-5-2/h6-8,10-11,13H,4-5,9,12H2,1-3H3,(H,22,23)/t13-/m1/s1. The number of amides is 1. The number of rotatable bonds is 7. The minimum atomic E-state index is -0.237. The van der Waals surface area contributed by atoms with E-state index in [1.807, 2.05) is 32.9 Å². The minimum Gasteiger partial charge on any atom is -0.494 e. The first-order chi connectivity index (χ1) is 12.6. The minimum absolute atomic E-state index is 0.161. The van der Waals surface area contributed by atoms with Crippen LogP contribution in [-0.2, 0) is 13.0 Å². The number of ether oxygens (including phenoxy) is 3. The molecule has 6 nitrogen and oxygen atoms in total. The second kappa shape index (κ2) is 8.08. The van der Waals surface area contributed by atoms with E-state index in [1.54, 1.807) is 18.3 Å². The molecule has 138 valence electrons. The third-order valence-electron chi connectivity index (χ3n) is 4.12. The number of aromatic nitrogens is 1. The van der Waals surface area contributed by atoms with Crippen LogP contribution in [0.1, 0.15) is 42.3 Å². The molecule has 0 fully saturated rings. The molecule has 1 aromatic carbocycles. The van der Waals surface area contributed by atoms with Gasteiger partial charge in [0.15, 0.2) is 0 Å². The summed E-state index contributed by atoms with van der Waals surface area (Å²) in [5.74, 6) is 1.74.